The summed E-state index contributed by atoms with van der Waals surface area (Å²) >= 11 is 17.3. The Balaban J connectivity index is 2.77. The van der Waals surface area contributed by atoms with Crippen LogP contribution in [0.5, 0.6) is 0 Å². The Labute approximate surface area is 127 Å². The van der Waals surface area contributed by atoms with E-state index in [9.17, 15) is 4.79 Å². The van der Waals surface area contributed by atoms with Gasteiger partial charge in [0.05, 0.1) is 0 Å². The number of rotatable bonds is 3. The summed E-state index contributed by atoms with van der Waals surface area (Å²) in [6.07, 6.45) is -0.984. The van der Waals surface area contributed by atoms with Crippen LogP contribution in [0.2, 0.25) is 0 Å². The van der Waals surface area contributed by atoms with Gasteiger partial charge in [-0.2, -0.15) is 0 Å². The molecular weight excluding hydrogens is 311 g/mol. The van der Waals surface area contributed by atoms with Crippen LogP contribution in [0, 0.1) is 6.92 Å². The summed E-state index contributed by atoms with van der Waals surface area (Å²) in [5, 5.41) is 2.70. The van der Waals surface area contributed by atoms with Gasteiger partial charge in [0.2, 0.25) is 3.79 Å². The lowest BCUT2D eigenvalue weighted by Gasteiger charge is -2.31. The third-order valence-electron chi connectivity index (χ3n) is 2.44. The summed E-state index contributed by atoms with van der Waals surface area (Å²) in [5.74, 6) is 0. The molecule has 0 fully saturated rings. The molecule has 1 atom stereocenters. The molecule has 0 saturated heterocycles. The van der Waals surface area contributed by atoms with Gasteiger partial charge in [0.1, 0.15) is 0 Å². The Morgan fingerprint density at radius 2 is 2.05 bits per heavy atom. The fourth-order valence-electron chi connectivity index (χ4n) is 1.55. The summed E-state index contributed by atoms with van der Waals surface area (Å²) in [7, 11) is 2.85. The average molecular weight is 326 g/mol. The number of carbonyl (C=O) groups is 1. The molecule has 0 aliphatic carbocycles. The first-order valence-corrected chi connectivity index (χ1v) is 6.59. The number of hydrogen-bond donors (Lipinski definition) is 1. The zero-order valence-corrected chi connectivity index (χ0v) is 13.1. The van der Waals surface area contributed by atoms with Crippen molar-refractivity contribution in [1.29, 1.82) is 0 Å². The number of amides is 2. The van der Waals surface area contributed by atoms with Gasteiger partial charge in [0.15, 0.2) is 6.23 Å². The number of hydrogen-bond acceptors (Lipinski definition) is 2. The average Bonchev–Trinajstić information content (AvgIpc) is 2.27. The van der Waals surface area contributed by atoms with E-state index in [4.69, 9.17) is 39.5 Å². The molecule has 0 aliphatic rings. The molecule has 1 rings (SSSR count). The van der Waals surface area contributed by atoms with Crippen molar-refractivity contribution in [3.63, 3.8) is 0 Å². The number of nitrogens with one attached hydrogen (secondary N) is 1. The summed E-state index contributed by atoms with van der Waals surface area (Å²) < 4.78 is 3.30. The maximum absolute atomic E-state index is 12.0. The molecule has 19 heavy (non-hydrogen) atoms. The second kappa shape index (κ2) is 6.66. The van der Waals surface area contributed by atoms with Gasteiger partial charge in [-0.05, 0) is 24.6 Å². The van der Waals surface area contributed by atoms with E-state index >= 15 is 0 Å². The minimum Gasteiger partial charge on any atom is -0.357 e. The summed E-state index contributed by atoms with van der Waals surface area (Å²) in [6.45, 7) is 1.93. The molecule has 0 aromatic heterocycles. The standard InChI is InChI=1S/C12H15Cl3N2O2/c1-8-5-4-6-9(7-8)16-11(18)17(2)10(19-3)12(13,14)15/h4-7,10H,1-3H3,(H,16,18). The molecule has 0 heterocycles. The Bertz CT molecular complexity index is 449. The van der Waals surface area contributed by atoms with Gasteiger partial charge in [0, 0.05) is 19.8 Å². The molecule has 106 valence electrons. The van der Waals surface area contributed by atoms with E-state index < -0.39 is 16.1 Å². The van der Waals surface area contributed by atoms with Crippen molar-refractivity contribution in [2.24, 2.45) is 0 Å². The van der Waals surface area contributed by atoms with E-state index in [1.165, 1.54) is 19.1 Å². The highest BCUT2D eigenvalue weighted by atomic mass is 35.6. The van der Waals surface area contributed by atoms with Gasteiger partial charge in [-0.3, -0.25) is 4.90 Å². The number of methoxy groups -OCH3 is 1. The molecule has 7 heteroatoms. The number of nitrogens with zero attached hydrogens (tertiary/aromatic N) is 1. The summed E-state index contributed by atoms with van der Waals surface area (Å²) in [5.41, 5.74) is 1.70. The van der Waals surface area contributed by atoms with Crippen LogP contribution in [0.15, 0.2) is 24.3 Å². The number of ether oxygens (including phenoxy) is 1. The number of anilines is 1. The second-order valence-electron chi connectivity index (χ2n) is 4.04. The minimum atomic E-state index is -1.73. The molecule has 1 unspecified atom stereocenters. The highest BCUT2D eigenvalue weighted by molar-refractivity contribution is 6.68. The molecule has 0 saturated carbocycles. The van der Waals surface area contributed by atoms with Crippen LogP contribution in [0.4, 0.5) is 10.5 Å². The quantitative estimate of drug-likeness (QED) is 0.678. The fraction of sp³-hybridized carbons (Fsp3) is 0.417. The number of urea groups is 1. The zero-order valence-electron chi connectivity index (χ0n) is 10.8. The van der Waals surface area contributed by atoms with Crippen molar-refractivity contribution >= 4 is 46.5 Å². The third-order valence-corrected chi connectivity index (χ3v) is 3.00. The number of alkyl halides is 3. The third kappa shape index (κ3) is 4.73. The van der Waals surface area contributed by atoms with Gasteiger partial charge in [-0.25, -0.2) is 4.79 Å². The van der Waals surface area contributed by atoms with Gasteiger partial charge >= 0.3 is 6.03 Å². The van der Waals surface area contributed by atoms with Gasteiger partial charge < -0.3 is 10.1 Å². The van der Waals surface area contributed by atoms with E-state index in [0.717, 1.165) is 5.56 Å². The fourth-order valence-corrected chi connectivity index (χ4v) is 2.26. The predicted octanol–water partition coefficient (Wildman–Crippen LogP) is 3.80. The predicted molar refractivity (Wildman–Crippen MR) is 79.0 cm³/mol. The van der Waals surface area contributed by atoms with Crippen LogP contribution in [-0.4, -0.2) is 35.1 Å². The van der Waals surface area contributed by atoms with Crippen LogP contribution >= 0.6 is 34.8 Å². The largest absolute Gasteiger partial charge is 0.357 e. The Morgan fingerprint density at radius 3 is 2.53 bits per heavy atom. The maximum atomic E-state index is 12.0. The molecule has 1 N–H and O–H groups in total. The van der Waals surface area contributed by atoms with Gasteiger partial charge in [0.25, 0.3) is 0 Å². The number of carbonyl (C=O) groups excluding carboxylic acids is 1. The normalized spacial score (nSPS) is 12.9. The van der Waals surface area contributed by atoms with Crippen LogP contribution < -0.4 is 5.32 Å². The number of halogens is 3. The SMILES string of the molecule is COC(N(C)C(=O)Nc1cccc(C)c1)C(Cl)(Cl)Cl. The van der Waals surface area contributed by atoms with E-state index in [1.54, 1.807) is 6.07 Å². The summed E-state index contributed by atoms with van der Waals surface area (Å²) in [4.78, 5) is 13.2. The topological polar surface area (TPSA) is 41.6 Å². The van der Waals surface area contributed by atoms with Crippen LogP contribution in [-0.2, 0) is 4.74 Å². The lowest BCUT2D eigenvalue weighted by molar-refractivity contribution is 0.0110. The van der Waals surface area contributed by atoms with Gasteiger partial charge in [-0.1, -0.05) is 46.9 Å². The van der Waals surface area contributed by atoms with E-state index in [-0.39, 0.29) is 0 Å². The molecule has 0 bridgehead atoms. The lowest BCUT2D eigenvalue weighted by Crippen LogP contribution is -2.48. The first-order chi connectivity index (χ1) is 8.75. The number of aryl methyl sites for hydroxylation is 1. The number of benzene rings is 1. The highest BCUT2D eigenvalue weighted by Crippen LogP contribution is 2.33. The summed E-state index contributed by atoms with van der Waals surface area (Å²) in [6, 6.07) is 6.95. The first kappa shape index (κ1) is 16.4. The van der Waals surface area contributed by atoms with Crippen LogP contribution in [0.3, 0.4) is 0 Å². The Kier molecular flexibility index (Phi) is 5.74. The van der Waals surface area contributed by atoms with Crippen molar-refractivity contribution in [2.45, 2.75) is 16.9 Å². The molecule has 1 aromatic carbocycles. The van der Waals surface area contributed by atoms with Crippen molar-refractivity contribution in [3.05, 3.63) is 29.8 Å². The smallest absolute Gasteiger partial charge is 0.323 e. The minimum absolute atomic E-state index is 0.427. The zero-order chi connectivity index (χ0) is 14.6. The second-order valence-corrected chi connectivity index (χ2v) is 6.41. The molecule has 0 radical (unpaired) electrons. The first-order valence-electron chi connectivity index (χ1n) is 5.45. The molecular formula is C12H15Cl3N2O2. The van der Waals surface area contributed by atoms with E-state index in [2.05, 4.69) is 5.32 Å². The molecule has 2 amide bonds. The van der Waals surface area contributed by atoms with Crippen molar-refractivity contribution in [3.8, 4) is 0 Å². The van der Waals surface area contributed by atoms with E-state index in [0.29, 0.717) is 5.69 Å². The Morgan fingerprint density at radius 1 is 1.42 bits per heavy atom. The van der Waals surface area contributed by atoms with Crippen molar-refractivity contribution in [2.75, 3.05) is 19.5 Å². The maximum Gasteiger partial charge on any atom is 0.323 e. The monoisotopic (exact) mass is 324 g/mol. The highest BCUT2D eigenvalue weighted by Gasteiger charge is 2.38. The molecule has 0 spiro atoms. The molecule has 0 aliphatic heterocycles. The van der Waals surface area contributed by atoms with Crippen molar-refractivity contribution < 1.29 is 9.53 Å². The lowest BCUT2D eigenvalue weighted by atomic mass is 10.2. The molecule has 1 aromatic rings. The van der Waals surface area contributed by atoms with Crippen LogP contribution in [0.25, 0.3) is 0 Å². The van der Waals surface area contributed by atoms with Gasteiger partial charge in [-0.15, -0.1) is 0 Å². The van der Waals surface area contributed by atoms with Crippen molar-refractivity contribution in [1.82, 2.24) is 4.90 Å². The molecule has 4 nitrogen and oxygen atoms in total. The van der Waals surface area contributed by atoms with Crippen LogP contribution in [0.1, 0.15) is 5.56 Å². The Hall–Kier alpha value is -0.680. The van der Waals surface area contributed by atoms with E-state index in [1.807, 2.05) is 25.1 Å².